The molecule has 2 rings (SSSR count). The molecule has 1 unspecified atom stereocenters. The maximum Gasteiger partial charge on any atom is 0.341 e. The smallest absolute Gasteiger partial charge is 0.341 e. The fourth-order valence-electron chi connectivity index (χ4n) is 1.79. The van der Waals surface area contributed by atoms with E-state index in [-0.39, 0.29) is 16.3 Å². The summed E-state index contributed by atoms with van der Waals surface area (Å²) in [6.45, 7) is 1.45. The van der Waals surface area contributed by atoms with Crippen LogP contribution >= 0.6 is 23.2 Å². The minimum atomic E-state index is -1.03. The van der Waals surface area contributed by atoms with Gasteiger partial charge in [-0.25, -0.2) is 4.79 Å². The highest BCUT2D eigenvalue weighted by molar-refractivity contribution is 6.34. The molecular formula is C16H14Cl2N2O3. The zero-order valence-corrected chi connectivity index (χ0v) is 13.7. The monoisotopic (exact) mass is 352 g/mol. The maximum absolute atomic E-state index is 12.1. The fourth-order valence-corrected chi connectivity index (χ4v) is 2.15. The molecule has 7 heteroatoms. The average molecular weight is 353 g/mol. The Morgan fingerprint density at radius 2 is 1.74 bits per heavy atom. The summed E-state index contributed by atoms with van der Waals surface area (Å²) in [6, 6.07) is 11.4. The van der Waals surface area contributed by atoms with Gasteiger partial charge in [-0.2, -0.15) is 0 Å². The highest BCUT2D eigenvalue weighted by Gasteiger charge is 2.21. The van der Waals surface area contributed by atoms with Crippen molar-refractivity contribution < 1.29 is 14.3 Å². The van der Waals surface area contributed by atoms with Crippen LogP contribution in [0.3, 0.4) is 0 Å². The summed E-state index contributed by atoms with van der Waals surface area (Å²) < 4.78 is 5.11. The van der Waals surface area contributed by atoms with Crippen molar-refractivity contribution in [1.29, 1.82) is 0 Å². The molecule has 0 saturated heterocycles. The van der Waals surface area contributed by atoms with Gasteiger partial charge in [0.15, 0.2) is 6.10 Å². The molecular weight excluding hydrogens is 339 g/mol. The first-order valence-electron chi connectivity index (χ1n) is 6.70. The molecule has 0 aliphatic rings. The van der Waals surface area contributed by atoms with Crippen LogP contribution in [0.25, 0.3) is 0 Å². The van der Waals surface area contributed by atoms with Crippen molar-refractivity contribution in [1.82, 2.24) is 0 Å². The lowest BCUT2D eigenvalue weighted by molar-refractivity contribution is -0.123. The lowest BCUT2D eigenvalue weighted by atomic mass is 10.2. The van der Waals surface area contributed by atoms with Gasteiger partial charge < -0.3 is 15.8 Å². The van der Waals surface area contributed by atoms with E-state index in [0.29, 0.717) is 10.7 Å². The van der Waals surface area contributed by atoms with Gasteiger partial charge in [0.1, 0.15) is 0 Å². The molecule has 0 heterocycles. The molecule has 0 fully saturated rings. The van der Waals surface area contributed by atoms with E-state index in [1.165, 1.54) is 13.0 Å². The predicted octanol–water partition coefficient (Wildman–Crippen LogP) is 3.76. The molecule has 23 heavy (non-hydrogen) atoms. The van der Waals surface area contributed by atoms with E-state index >= 15 is 0 Å². The Labute approximate surface area is 143 Å². The molecule has 1 atom stereocenters. The highest BCUT2D eigenvalue weighted by atomic mass is 35.5. The van der Waals surface area contributed by atoms with Crippen LogP contribution in [0, 0.1) is 0 Å². The van der Waals surface area contributed by atoms with Crippen molar-refractivity contribution in [2.24, 2.45) is 0 Å². The number of esters is 1. The van der Waals surface area contributed by atoms with Crippen LogP contribution in [0.1, 0.15) is 17.3 Å². The van der Waals surface area contributed by atoms with Gasteiger partial charge in [0.05, 0.1) is 27.0 Å². The molecule has 0 radical (unpaired) electrons. The summed E-state index contributed by atoms with van der Waals surface area (Å²) >= 11 is 11.8. The minimum absolute atomic E-state index is 0.106. The normalized spacial score (nSPS) is 11.6. The Balaban J connectivity index is 2.05. The fraction of sp³-hybridized carbons (Fsp3) is 0.125. The Morgan fingerprint density at radius 3 is 2.43 bits per heavy atom. The highest BCUT2D eigenvalue weighted by Crippen LogP contribution is 2.24. The zero-order valence-electron chi connectivity index (χ0n) is 12.2. The Morgan fingerprint density at radius 1 is 1.09 bits per heavy atom. The minimum Gasteiger partial charge on any atom is -0.449 e. The number of nitrogens with two attached hydrogens (primary N) is 1. The second-order valence-corrected chi connectivity index (χ2v) is 5.53. The maximum atomic E-state index is 12.1. The number of anilines is 2. The van der Waals surface area contributed by atoms with Crippen LogP contribution in [0.2, 0.25) is 10.0 Å². The van der Waals surface area contributed by atoms with Gasteiger partial charge in [0.25, 0.3) is 5.91 Å². The second-order valence-electron chi connectivity index (χ2n) is 4.72. The van der Waals surface area contributed by atoms with Gasteiger partial charge in [-0.05, 0) is 31.2 Å². The van der Waals surface area contributed by atoms with Gasteiger partial charge >= 0.3 is 5.97 Å². The summed E-state index contributed by atoms with van der Waals surface area (Å²) in [5, 5.41) is 3.22. The number of benzene rings is 2. The van der Waals surface area contributed by atoms with Crippen molar-refractivity contribution in [3.05, 3.63) is 58.1 Å². The molecule has 2 aromatic rings. The number of ether oxygens (including phenoxy) is 1. The van der Waals surface area contributed by atoms with E-state index < -0.39 is 18.0 Å². The Bertz CT molecular complexity index is 750. The molecule has 0 saturated carbocycles. The standard InChI is InChI=1S/C16H14Cl2N2O3/c1-9(15(21)20-13-8-3-2-6-11(13)17)23-16(22)10-5-4-7-12(18)14(10)19/h2-9H,19H2,1H3,(H,20,21). The molecule has 120 valence electrons. The summed E-state index contributed by atoms with van der Waals surface area (Å²) in [4.78, 5) is 24.2. The second kappa shape index (κ2) is 7.35. The number of para-hydroxylation sites is 2. The third kappa shape index (κ3) is 4.15. The van der Waals surface area contributed by atoms with Crippen LogP contribution < -0.4 is 11.1 Å². The largest absolute Gasteiger partial charge is 0.449 e. The number of hydrogen-bond acceptors (Lipinski definition) is 4. The molecule has 1 amide bonds. The van der Waals surface area contributed by atoms with Crippen molar-refractivity contribution in [3.8, 4) is 0 Å². The molecule has 0 aliphatic carbocycles. The van der Waals surface area contributed by atoms with Crippen molar-refractivity contribution in [2.45, 2.75) is 13.0 Å². The lowest BCUT2D eigenvalue weighted by Crippen LogP contribution is -2.30. The number of nitrogens with one attached hydrogen (secondary N) is 1. The van der Waals surface area contributed by atoms with Gasteiger partial charge in [0, 0.05) is 0 Å². The van der Waals surface area contributed by atoms with E-state index in [4.69, 9.17) is 33.7 Å². The SMILES string of the molecule is CC(OC(=O)c1cccc(Cl)c1N)C(=O)Nc1ccccc1Cl. The van der Waals surface area contributed by atoms with Gasteiger partial charge in [0.2, 0.25) is 0 Å². The Kier molecular flexibility index (Phi) is 5.47. The zero-order chi connectivity index (χ0) is 17.0. The van der Waals surface area contributed by atoms with Crippen molar-refractivity contribution >= 4 is 46.5 Å². The van der Waals surface area contributed by atoms with Gasteiger partial charge in [-0.3, -0.25) is 4.79 Å². The van der Waals surface area contributed by atoms with E-state index in [2.05, 4.69) is 5.32 Å². The van der Waals surface area contributed by atoms with E-state index in [1.807, 2.05) is 0 Å². The number of carbonyl (C=O) groups is 2. The number of halogens is 2. The lowest BCUT2D eigenvalue weighted by Gasteiger charge is -2.15. The molecule has 0 bridgehead atoms. The van der Waals surface area contributed by atoms with Crippen molar-refractivity contribution in [2.75, 3.05) is 11.1 Å². The number of rotatable bonds is 4. The van der Waals surface area contributed by atoms with E-state index in [9.17, 15) is 9.59 Å². The summed E-state index contributed by atoms with van der Waals surface area (Å²) in [7, 11) is 0. The van der Waals surface area contributed by atoms with E-state index in [1.54, 1.807) is 36.4 Å². The van der Waals surface area contributed by atoms with Crippen LogP contribution in [0.5, 0.6) is 0 Å². The molecule has 5 nitrogen and oxygen atoms in total. The van der Waals surface area contributed by atoms with Gasteiger partial charge in [-0.1, -0.05) is 41.4 Å². The molecule has 0 aromatic heterocycles. The van der Waals surface area contributed by atoms with Crippen molar-refractivity contribution in [3.63, 3.8) is 0 Å². The van der Waals surface area contributed by atoms with Crippen LogP contribution in [0.4, 0.5) is 11.4 Å². The van der Waals surface area contributed by atoms with Gasteiger partial charge in [-0.15, -0.1) is 0 Å². The first-order valence-corrected chi connectivity index (χ1v) is 7.46. The number of nitrogen functional groups attached to an aromatic ring is 1. The number of amides is 1. The Hall–Kier alpha value is -2.24. The van der Waals surface area contributed by atoms with Crippen LogP contribution in [-0.4, -0.2) is 18.0 Å². The third-order valence-corrected chi connectivity index (χ3v) is 3.72. The molecule has 0 spiro atoms. The third-order valence-electron chi connectivity index (χ3n) is 3.06. The first kappa shape index (κ1) is 17.1. The number of carbonyl (C=O) groups excluding carboxylic acids is 2. The quantitative estimate of drug-likeness (QED) is 0.648. The topological polar surface area (TPSA) is 81.4 Å². The van der Waals surface area contributed by atoms with Crippen LogP contribution in [0.15, 0.2) is 42.5 Å². The summed E-state index contributed by atoms with van der Waals surface area (Å²) in [6.07, 6.45) is -1.03. The predicted molar refractivity (Wildman–Crippen MR) is 90.8 cm³/mol. The summed E-state index contributed by atoms with van der Waals surface area (Å²) in [5.74, 6) is -1.24. The average Bonchev–Trinajstić information content (AvgIpc) is 2.52. The molecule has 3 N–H and O–H groups in total. The molecule has 2 aromatic carbocycles. The summed E-state index contributed by atoms with van der Waals surface area (Å²) in [5.41, 5.74) is 6.38. The van der Waals surface area contributed by atoms with Crippen LogP contribution in [-0.2, 0) is 9.53 Å². The number of hydrogen-bond donors (Lipinski definition) is 2. The first-order chi connectivity index (χ1) is 10.9. The van der Waals surface area contributed by atoms with E-state index in [0.717, 1.165) is 0 Å². The molecule has 0 aliphatic heterocycles.